The topological polar surface area (TPSA) is 63.5 Å². The number of alkyl halides is 1. The number of rotatable bonds is 3. The number of nitro groups is 1. The molecule has 0 aromatic heterocycles. The summed E-state index contributed by atoms with van der Waals surface area (Å²) >= 11 is 6.08. The van der Waals surface area contributed by atoms with Crippen molar-refractivity contribution in [2.45, 2.75) is 25.1 Å². The Balaban J connectivity index is 2.00. The Kier molecular flexibility index (Phi) is 4.60. The van der Waals surface area contributed by atoms with Crippen LogP contribution in [0.5, 0.6) is 0 Å². The van der Waals surface area contributed by atoms with E-state index in [4.69, 9.17) is 11.6 Å². The Hall–Kier alpha value is -1.62. The fourth-order valence-corrected chi connectivity index (χ4v) is 2.72. The van der Waals surface area contributed by atoms with Gasteiger partial charge in [-0.15, -0.1) is 11.6 Å². The number of carbonyl (C=O) groups is 1. The molecule has 1 saturated heterocycles. The lowest BCUT2D eigenvalue weighted by atomic mass is 9.93. The average molecular weight is 297 g/mol. The monoisotopic (exact) mass is 296 g/mol. The molecule has 1 aliphatic rings. The van der Waals surface area contributed by atoms with Crippen LogP contribution in [0.3, 0.4) is 0 Å². The number of piperidine rings is 1. The van der Waals surface area contributed by atoms with Gasteiger partial charge in [-0.25, -0.2) is 0 Å². The molecule has 2 rings (SSSR count). The first-order valence-corrected chi connectivity index (χ1v) is 7.10. The van der Waals surface area contributed by atoms with Crippen molar-refractivity contribution in [1.82, 2.24) is 4.90 Å². The van der Waals surface area contributed by atoms with Crippen molar-refractivity contribution in [2.75, 3.05) is 13.1 Å². The van der Waals surface area contributed by atoms with Crippen LogP contribution in [0.25, 0.3) is 0 Å². The first kappa shape index (κ1) is 14.8. The number of hydrogen-bond donors (Lipinski definition) is 0. The zero-order valence-corrected chi connectivity index (χ0v) is 12.0. The van der Waals surface area contributed by atoms with Crippen LogP contribution in [0.4, 0.5) is 5.69 Å². The molecule has 1 fully saturated rings. The van der Waals surface area contributed by atoms with Crippen molar-refractivity contribution >= 4 is 23.2 Å². The van der Waals surface area contributed by atoms with Gasteiger partial charge >= 0.3 is 0 Å². The van der Waals surface area contributed by atoms with Gasteiger partial charge in [0.1, 0.15) is 0 Å². The Morgan fingerprint density at radius 2 is 1.90 bits per heavy atom. The average Bonchev–Trinajstić information content (AvgIpc) is 2.46. The van der Waals surface area contributed by atoms with Gasteiger partial charge in [-0.05, 0) is 37.8 Å². The SMILES string of the molecule is CC(Cl)C1CCN(C(=O)c2ccc([N+](=O)[O-])cc2)CC1. The molecule has 1 aliphatic heterocycles. The molecule has 0 spiro atoms. The highest BCUT2D eigenvalue weighted by molar-refractivity contribution is 6.20. The van der Waals surface area contributed by atoms with E-state index >= 15 is 0 Å². The molecule has 0 N–H and O–H groups in total. The third kappa shape index (κ3) is 3.28. The molecular weight excluding hydrogens is 280 g/mol. The van der Waals surface area contributed by atoms with E-state index in [1.54, 1.807) is 4.90 Å². The van der Waals surface area contributed by atoms with Crippen LogP contribution >= 0.6 is 11.6 Å². The van der Waals surface area contributed by atoms with E-state index in [0.29, 0.717) is 24.6 Å². The smallest absolute Gasteiger partial charge is 0.269 e. The molecule has 108 valence electrons. The number of hydrogen-bond acceptors (Lipinski definition) is 3. The van der Waals surface area contributed by atoms with Gasteiger partial charge in [-0.3, -0.25) is 14.9 Å². The lowest BCUT2D eigenvalue weighted by Gasteiger charge is -2.33. The van der Waals surface area contributed by atoms with Crippen molar-refractivity contribution < 1.29 is 9.72 Å². The van der Waals surface area contributed by atoms with Crippen LogP contribution in [0, 0.1) is 16.0 Å². The fourth-order valence-electron chi connectivity index (χ4n) is 2.47. The van der Waals surface area contributed by atoms with E-state index < -0.39 is 4.92 Å². The highest BCUT2D eigenvalue weighted by atomic mass is 35.5. The molecule has 6 heteroatoms. The van der Waals surface area contributed by atoms with Crippen LogP contribution in [0.15, 0.2) is 24.3 Å². The molecule has 1 heterocycles. The van der Waals surface area contributed by atoms with E-state index in [1.165, 1.54) is 24.3 Å². The number of amides is 1. The zero-order valence-electron chi connectivity index (χ0n) is 11.3. The summed E-state index contributed by atoms with van der Waals surface area (Å²) < 4.78 is 0. The molecule has 0 aliphatic carbocycles. The molecule has 1 atom stereocenters. The number of likely N-dealkylation sites (tertiary alicyclic amines) is 1. The molecule has 0 bridgehead atoms. The second-order valence-corrected chi connectivity index (χ2v) is 5.80. The second-order valence-electron chi connectivity index (χ2n) is 5.11. The van der Waals surface area contributed by atoms with E-state index in [2.05, 4.69) is 0 Å². The summed E-state index contributed by atoms with van der Waals surface area (Å²) in [6, 6.07) is 5.75. The summed E-state index contributed by atoms with van der Waals surface area (Å²) in [5.41, 5.74) is 0.490. The summed E-state index contributed by atoms with van der Waals surface area (Å²) in [4.78, 5) is 24.2. The van der Waals surface area contributed by atoms with E-state index in [9.17, 15) is 14.9 Å². The quantitative estimate of drug-likeness (QED) is 0.489. The summed E-state index contributed by atoms with van der Waals surface area (Å²) in [5.74, 6) is 0.387. The van der Waals surface area contributed by atoms with Crippen molar-refractivity contribution in [3.8, 4) is 0 Å². The Morgan fingerprint density at radius 3 is 2.35 bits per heavy atom. The Labute approximate surface area is 122 Å². The Morgan fingerprint density at radius 1 is 1.35 bits per heavy atom. The summed E-state index contributed by atoms with van der Waals surface area (Å²) in [7, 11) is 0. The highest BCUT2D eigenvalue weighted by Gasteiger charge is 2.26. The number of non-ortho nitro benzene ring substituents is 1. The van der Waals surface area contributed by atoms with Gasteiger partial charge in [-0.2, -0.15) is 0 Å². The molecule has 5 nitrogen and oxygen atoms in total. The van der Waals surface area contributed by atoms with Gasteiger partial charge in [0.2, 0.25) is 0 Å². The minimum Gasteiger partial charge on any atom is -0.339 e. The standard InChI is InChI=1S/C14H17ClN2O3/c1-10(15)11-6-8-16(9-7-11)14(18)12-2-4-13(5-3-12)17(19)20/h2-5,10-11H,6-9H2,1H3. The minimum absolute atomic E-state index is 0.00350. The maximum atomic E-state index is 12.3. The number of halogens is 1. The number of carbonyl (C=O) groups excluding carboxylic acids is 1. The second kappa shape index (κ2) is 6.22. The van der Waals surface area contributed by atoms with Gasteiger partial charge in [0.05, 0.1) is 4.92 Å². The molecular formula is C14H17ClN2O3. The van der Waals surface area contributed by atoms with Crippen LogP contribution in [0.1, 0.15) is 30.1 Å². The van der Waals surface area contributed by atoms with E-state index in [1.807, 2.05) is 6.92 Å². The molecule has 1 amide bonds. The zero-order chi connectivity index (χ0) is 14.7. The maximum Gasteiger partial charge on any atom is 0.269 e. The Bertz CT molecular complexity index is 494. The van der Waals surface area contributed by atoms with Crippen molar-refractivity contribution in [1.29, 1.82) is 0 Å². The maximum absolute atomic E-state index is 12.3. The number of benzene rings is 1. The van der Waals surface area contributed by atoms with Crippen LogP contribution in [-0.4, -0.2) is 34.2 Å². The van der Waals surface area contributed by atoms with Crippen LogP contribution < -0.4 is 0 Å². The largest absolute Gasteiger partial charge is 0.339 e. The van der Waals surface area contributed by atoms with Gasteiger partial charge in [0, 0.05) is 36.2 Å². The summed E-state index contributed by atoms with van der Waals surface area (Å²) in [5, 5.41) is 10.7. The first-order valence-electron chi connectivity index (χ1n) is 6.67. The summed E-state index contributed by atoms with van der Waals surface area (Å²) in [6.07, 6.45) is 1.81. The molecule has 0 saturated carbocycles. The van der Waals surface area contributed by atoms with E-state index in [0.717, 1.165) is 12.8 Å². The van der Waals surface area contributed by atoms with Crippen molar-refractivity contribution in [3.05, 3.63) is 39.9 Å². The van der Waals surface area contributed by atoms with E-state index in [-0.39, 0.29) is 17.0 Å². The van der Waals surface area contributed by atoms with Gasteiger partial charge in [0.25, 0.3) is 11.6 Å². The number of nitrogens with zero attached hydrogens (tertiary/aromatic N) is 2. The van der Waals surface area contributed by atoms with Gasteiger partial charge in [0.15, 0.2) is 0 Å². The third-order valence-electron chi connectivity index (χ3n) is 3.80. The van der Waals surface area contributed by atoms with Crippen LogP contribution in [-0.2, 0) is 0 Å². The molecule has 1 aromatic carbocycles. The molecule has 1 unspecified atom stereocenters. The predicted molar refractivity (Wildman–Crippen MR) is 77.0 cm³/mol. The lowest BCUT2D eigenvalue weighted by Crippen LogP contribution is -2.40. The fraction of sp³-hybridized carbons (Fsp3) is 0.500. The lowest BCUT2D eigenvalue weighted by molar-refractivity contribution is -0.384. The molecule has 1 aromatic rings. The third-order valence-corrected chi connectivity index (χ3v) is 4.16. The first-order chi connectivity index (χ1) is 9.49. The summed E-state index contributed by atoms with van der Waals surface area (Å²) in [6.45, 7) is 3.37. The predicted octanol–water partition coefficient (Wildman–Crippen LogP) is 3.07. The van der Waals surface area contributed by atoms with Crippen molar-refractivity contribution in [2.24, 2.45) is 5.92 Å². The highest BCUT2D eigenvalue weighted by Crippen LogP contribution is 2.25. The normalized spacial score (nSPS) is 17.8. The molecule has 20 heavy (non-hydrogen) atoms. The molecule has 0 radical (unpaired) electrons. The van der Waals surface area contributed by atoms with Gasteiger partial charge < -0.3 is 4.90 Å². The van der Waals surface area contributed by atoms with Crippen molar-refractivity contribution in [3.63, 3.8) is 0 Å². The number of nitro benzene ring substituents is 1. The van der Waals surface area contributed by atoms with Gasteiger partial charge in [-0.1, -0.05) is 0 Å². The van der Waals surface area contributed by atoms with Crippen LogP contribution in [0.2, 0.25) is 0 Å². The minimum atomic E-state index is -0.471.